The molecule has 8 heteroatoms. The number of amides is 1. The third-order valence-electron chi connectivity index (χ3n) is 4.91. The molecule has 152 valence electrons. The van der Waals surface area contributed by atoms with E-state index in [1.807, 2.05) is 36.4 Å². The van der Waals surface area contributed by atoms with E-state index >= 15 is 0 Å². The van der Waals surface area contributed by atoms with Crippen LogP contribution < -0.4 is 10.1 Å². The van der Waals surface area contributed by atoms with Gasteiger partial charge in [-0.1, -0.05) is 18.2 Å². The van der Waals surface area contributed by atoms with E-state index in [2.05, 4.69) is 20.5 Å². The zero-order chi connectivity index (χ0) is 21.1. The smallest absolute Gasteiger partial charge is 0.326 e. The number of hydrogen-bond donors (Lipinski definition) is 4. The second-order valence-corrected chi connectivity index (χ2v) is 6.82. The van der Waals surface area contributed by atoms with Crippen LogP contribution in [0.4, 0.5) is 0 Å². The molecule has 0 aliphatic carbocycles. The van der Waals surface area contributed by atoms with E-state index in [0.29, 0.717) is 11.4 Å². The summed E-state index contributed by atoms with van der Waals surface area (Å²) in [5.41, 5.74) is 3.31. The summed E-state index contributed by atoms with van der Waals surface area (Å²) in [5.74, 6) is -0.924. The number of nitrogens with zero attached hydrogens (tertiary/aromatic N) is 1. The fourth-order valence-corrected chi connectivity index (χ4v) is 3.30. The van der Waals surface area contributed by atoms with Gasteiger partial charge >= 0.3 is 5.97 Å². The van der Waals surface area contributed by atoms with Crippen LogP contribution in [0.1, 0.15) is 16.1 Å². The van der Waals surface area contributed by atoms with Crippen molar-refractivity contribution in [3.8, 4) is 17.0 Å². The molecule has 0 spiro atoms. The van der Waals surface area contributed by atoms with Crippen molar-refractivity contribution in [1.29, 1.82) is 0 Å². The van der Waals surface area contributed by atoms with E-state index in [1.54, 1.807) is 31.5 Å². The van der Waals surface area contributed by atoms with Gasteiger partial charge in [0, 0.05) is 29.1 Å². The van der Waals surface area contributed by atoms with Crippen LogP contribution in [0.5, 0.6) is 5.75 Å². The Morgan fingerprint density at radius 2 is 1.93 bits per heavy atom. The number of carboxylic acids is 1. The highest BCUT2D eigenvalue weighted by Gasteiger charge is 2.23. The zero-order valence-corrected chi connectivity index (χ0v) is 16.2. The molecule has 0 aliphatic heterocycles. The highest BCUT2D eigenvalue weighted by atomic mass is 16.5. The van der Waals surface area contributed by atoms with Gasteiger partial charge in [-0.25, -0.2) is 4.79 Å². The summed E-state index contributed by atoms with van der Waals surface area (Å²) in [5, 5.41) is 19.9. The average molecular weight is 404 g/mol. The number of H-pyrrole nitrogens is 2. The lowest BCUT2D eigenvalue weighted by Gasteiger charge is -2.13. The normalized spacial score (nSPS) is 11.9. The molecule has 0 aliphatic rings. The first-order valence-electron chi connectivity index (χ1n) is 9.33. The molecule has 4 rings (SSSR count). The van der Waals surface area contributed by atoms with Crippen molar-refractivity contribution in [2.45, 2.75) is 12.5 Å². The number of carboxylic acid groups (broad SMARTS) is 1. The Labute approximate surface area is 171 Å². The predicted molar refractivity (Wildman–Crippen MR) is 111 cm³/mol. The Bertz CT molecular complexity index is 1190. The van der Waals surface area contributed by atoms with Crippen LogP contribution in [0, 0.1) is 0 Å². The molecule has 4 aromatic rings. The molecule has 8 nitrogen and oxygen atoms in total. The number of carbonyl (C=O) groups excluding carboxylic acids is 1. The van der Waals surface area contributed by atoms with Crippen LogP contribution in [-0.4, -0.2) is 45.3 Å². The lowest BCUT2D eigenvalue weighted by molar-refractivity contribution is -0.139. The zero-order valence-electron chi connectivity index (χ0n) is 16.2. The molecule has 2 aromatic carbocycles. The van der Waals surface area contributed by atoms with Crippen LogP contribution in [0.15, 0.2) is 60.8 Å². The molecule has 0 radical (unpaired) electrons. The lowest BCUT2D eigenvalue weighted by atomic mass is 10.0. The minimum Gasteiger partial charge on any atom is -0.497 e. The molecule has 1 atom stereocenters. The summed E-state index contributed by atoms with van der Waals surface area (Å²) in [4.78, 5) is 27.5. The predicted octanol–water partition coefficient (Wildman–Crippen LogP) is 2.99. The minimum absolute atomic E-state index is 0.157. The molecular formula is C22H20N4O4. The molecule has 0 unspecified atom stereocenters. The van der Waals surface area contributed by atoms with Crippen LogP contribution in [0.3, 0.4) is 0 Å². The maximum Gasteiger partial charge on any atom is 0.326 e. The van der Waals surface area contributed by atoms with E-state index in [-0.39, 0.29) is 12.1 Å². The number of benzene rings is 2. The first-order chi connectivity index (χ1) is 14.5. The number of nitrogens with one attached hydrogen (secondary N) is 3. The molecule has 0 saturated carbocycles. The van der Waals surface area contributed by atoms with Gasteiger partial charge in [-0.2, -0.15) is 5.10 Å². The number of hydrogen-bond acceptors (Lipinski definition) is 4. The Morgan fingerprint density at radius 3 is 2.67 bits per heavy atom. The highest BCUT2D eigenvalue weighted by molar-refractivity contribution is 5.96. The number of rotatable bonds is 7. The molecule has 0 bridgehead atoms. The first-order valence-corrected chi connectivity index (χ1v) is 9.33. The summed E-state index contributed by atoms with van der Waals surface area (Å²) >= 11 is 0. The number of methoxy groups -OCH3 is 1. The molecule has 0 saturated heterocycles. The number of ether oxygens (including phenoxy) is 1. The van der Waals surface area contributed by atoms with E-state index in [1.165, 1.54) is 0 Å². The third-order valence-corrected chi connectivity index (χ3v) is 4.91. The van der Waals surface area contributed by atoms with Crippen molar-refractivity contribution in [2.24, 2.45) is 0 Å². The number of aromatic nitrogens is 3. The number of carbonyl (C=O) groups is 2. The van der Waals surface area contributed by atoms with Gasteiger partial charge in [-0.15, -0.1) is 0 Å². The van der Waals surface area contributed by atoms with Gasteiger partial charge in [0.15, 0.2) is 0 Å². The van der Waals surface area contributed by atoms with Gasteiger partial charge in [0.1, 0.15) is 17.5 Å². The number of aromatic amines is 2. The Hall–Kier alpha value is -4.07. The van der Waals surface area contributed by atoms with Crippen molar-refractivity contribution < 1.29 is 19.4 Å². The summed E-state index contributed by atoms with van der Waals surface area (Å²) in [7, 11) is 1.58. The van der Waals surface area contributed by atoms with Crippen molar-refractivity contribution in [2.75, 3.05) is 7.11 Å². The van der Waals surface area contributed by atoms with E-state index < -0.39 is 17.9 Å². The average Bonchev–Trinajstić information content (AvgIpc) is 3.41. The monoisotopic (exact) mass is 404 g/mol. The van der Waals surface area contributed by atoms with Crippen molar-refractivity contribution in [1.82, 2.24) is 20.5 Å². The van der Waals surface area contributed by atoms with Crippen LogP contribution in [-0.2, 0) is 11.2 Å². The molecule has 4 N–H and O–H groups in total. The van der Waals surface area contributed by atoms with Crippen LogP contribution >= 0.6 is 0 Å². The maximum atomic E-state index is 12.6. The lowest BCUT2D eigenvalue weighted by Crippen LogP contribution is -2.42. The molecule has 2 aromatic heterocycles. The number of para-hydroxylation sites is 1. The van der Waals surface area contributed by atoms with Crippen molar-refractivity contribution in [3.63, 3.8) is 0 Å². The van der Waals surface area contributed by atoms with E-state index in [4.69, 9.17) is 4.74 Å². The molecule has 1 amide bonds. The van der Waals surface area contributed by atoms with Gasteiger partial charge in [-0.3, -0.25) is 9.89 Å². The second-order valence-electron chi connectivity index (χ2n) is 6.82. The van der Waals surface area contributed by atoms with Crippen LogP contribution in [0.2, 0.25) is 0 Å². The second kappa shape index (κ2) is 8.12. The fraction of sp³-hybridized carbons (Fsp3) is 0.136. The summed E-state index contributed by atoms with van der Waals surface area (Å²) in [6, 6.07) is 15.4. The topological polar surface area (TPSA) is 120 Å². The SMILES string of the molecule is COc1ccc(-c2cc(C(=O)N[C@H](Cc3c[nH]c4ccccc34)C(=O)O)[nH]n2)cc1. The van der Waals surface area contributed by atoms with Crippen molar-refractivity contribution >= 4 is 22.8 Å². The van der Waals surface area contributed by atoms with Gasteiger partial charge < -0.3 is 20.1 Å². The number of fused-ring (bicyclic) bond motifs is 1. The molecule has 30 heavy (non-hydrogen) atoms. The highest BCUT2D eigenvalue weighted by Crippen LogP contribution is 2.22. The van der Waals surface area contributed by atoms with E-state index in [0.717, 1.165) is 22.0 Å². The van der Waals surface area contributed by atoms with Crippen LogP contribution in [0.25, 0.3) is 22.2 Å². The quantitative estimate of drug-likeness (QED) is 0.377. The summed E-state index contributed by atoms with van der Waals surface area (Å²) in [6.45, 7) is 0. The largest absolute Gasteiger partial charge is 0.497 e. The maximum absolute atomic E-state index is 12.6. The van der Waals surface area contributed by atoms with Gasteiger partial charge in [0.05, 0.1) is 12.8 Å². The fourth-order valence-electron chi connectivity index (χ4n) is 3.30. The molecular weight excluding hydrogens is 384 g/mol. The molecule has 0 fully saturated rings. The molecule has 2 heterocycles. The Kier molecular flexibility index (Phi) is 5.21. The summed E-state index contributed by atoms with van der Waals surface area (Å²) in [6.07, 6.45) is 1.93. The van der Waals surface area contributed by atoms with Gasteiger partial charge in [0.25, 0.3) is 5.91 Å². The Morgan fingerprint density at radius 1 is 1.17 bits per heavy atom. The van der Waals surface area contributed by atoms with Gasteiger partial charge in [0.2, 0.25) is 0 Å². The standard InChI is InChI=1S/C22H20N4O4/c1-30-15-8-6-13(7-9-15)18-11-19(26-25-18)21(27)24-20(22(28)29)10-14-12-23-17-5-3-2-4-16(14)17/h2-9,11-12,20,23H,10H2,1H3,(H,24,27)(H,25,26)(H,28,29)/t20-/m1/s1. The van der Waals surface area contributed by atoms with E-state index in [9.17, 15) is 14.7 Å². The van der Waals surface area contributed by atoms with Gasteiger partial charge in [-0.05, 0) is 42.0 Å². The Balaban J connectivity index is 1.49. The van der Waals surface area contributed by atoms with Crippen molar-refractivity contribution in [3.05, 3.63) is 72.1 Å². The third kappa shape index (κ3) is 3.88. The number of aliphatic carboxylic acids is 1. The minimum atomic E-state index is -1.11. The summed E-state index contributed by atoms with van der Waals surface area (Å²) < 4.78 is 5.13. The first kappa shape index (κ1) is 19.3.